The minimum absolute atomic E-state index is 0.181. The quantitative estimate of drug-likeness (QED) is 0.590. The van der Waals surface area contributed by atoms with Crippen LogP contribution in [-0.2, 0) is 0 Å². The molecule has 0 aliphatic rings. The number of hydrogen-bond acceptors (Lipinski definition) is 1. The molecule has 0 spiro atoms. The van der Waals surface area contributed by atoms with E-state index >= 15 is 0 Å². The van der Waals surface area contributed by atoms with Crippen LogP contribution in [0, 0.1) is 11.8 Å². The SMILES string of the molecule is [B]C(CN)(C(C)C)C(C)C. The minimum Gasteiger partial charge on any atom is -0.331 e. The van der Waals surface area contributed by atoms with Crippen LogP contribution in [0.1, 0.15) is 27.7 Å². The molecule has 1 nitrogen and oxygen atoms in total. The Morgan fingerprint density at radius 3 is 1.50 bits per heavy atom. The summed E-state index contributed by atoms with van der Waals surface area (Å²) in [7, 11) is 6.06. The van der Waals surface area contributed by atoms with Gasteiger partial charge in [-0.15, -0.1) is 0 Å². The second kappa shape index (κ2) is 3.43. The van der Waals surface area contributed by atoms with Gasteiger partial charge in [-0.1, -0.05) is 27.7 Å². The predicted molar refractivity (Wildman–Crippen MR) is 47.2 cm³/mol. The third-order valence-corrected chi connectivity index (χ3v) is 2.50. The Bertz CT molecular complexity index is 91.4. The molecule has 0 atom stereocenters. The molecule has 0 heterocycles. The van der Waals surface area contributed by atoms with Gasteiger partial charge in [0.05, 0.1) is 7.85 Å². The lowest BCUT2D eigenvalue weighted by atomic mass is 9.55. The fraction of sp³-hybridized carbons (Fsp3) is 1.00. The van der Waals surface area contributed by atoms with E-state index < -0.39 is 0 Å². The summed E-state index contributed by atoms with van der Waals surface area (Å²) in [4.78, 5) is 0. The summed E-state index contributed by atoms with van der Waals surface area (Å²) in [5.41, 5.74) is 5.58. The van der Waals surface area contributed by atoms with E-state index in [4.69, 9.17) is 13.6 Å². The van der Waals surface area contributed by atoms with Crippen molar-refractivity contribution in [1.82, 2.24) is 0 Å². The zero-order chi connectivity index (χ0) is 8.36. The Morgan fingerprint density at radius 1 is 1.20 bits per heavy atom. The predicted octanol–water partition coefficient (Wildman–Crippen LogP) is 1.58. The van der Waals surface area contributed by atoms with Crippen LogP contribution in [0.2, 0.25) is 5.31 Å². The van der Waals surface area contributed by atoms with Gasteiger partial charge in [0, 0.05) is 0 Å². The molecule has 2 N–H and O–H groups in total. The summed E-state index contributed by atoms with van der Waals surface area (Å²) in [6.07, 6.45) is 0. The third-order valence-electron chi connectivity index (χ3n) is 2.50. The Hall–Kier alpha value is 0.0249. The van der Waals surface area contributed by atoms with Gasteiger partial charge in [-0.3, -0.25) is 0 Å². The van der Waals surface area contributed by atoms with Crippen molar-refractivity contribution >= 4 is 7.85 Å². The molecule has 0 bridgehead atoms. The average molecular weight is 139 g/mol. The van der Waals surface area contributed by atoms with Crippen LogP contribution in [0.3, 0.4) is 0 Å². The van der Waals surface area contributed by atoms with Crippen molar-refractivity contribution in [3.63, 3.8) is 0 Å². The minimum atomic E-state index is -0.181. The second-order valence-electron chi connectivity index (χ2n) is 3.63. The van der Waals surface area contributed by atoms with Gasteiger partial charge in [-0.25, -0.2) is 0 Å². The Morgan fingerprint density at radius 2 is 1.50 bits per heavy atom. The molecule has 2 heteroatoms. The van der Waals surface area contributed by atoms with Crippen LogP contribution in [-0.4, -0.2) is 14.4 Å². The molecule has 0 rings (SSSR count). The van der Waals surface area contributed by atoms with Gasteiger partial charge >= 0.3 is 0 Å². The molecule has 58 valence electrons. The van der Waals surface area contributed by atoms with Crippen LogP contribution >= 0.6 is 0 Å². The van der Waals surface area contributed by atoms with Crippen molar-refractivity contribution in [2.45, 2.75) is 33.0 Å². The van der Waals surface area contributed by atoms with E-state index in [1.54, 1.807) is 0 Å². The zero-order valence-electron chi connectivity index (χ0n) is 7.52. The van der Waals surface area contributed by atoms with Crippen molar-refractivity contribution in [2.75, 3.05) is 6.54 Å². The van der Waals surface area contributed by atoms with Crippen LogP contribution in [0.5, 0.6) is 0 Å². The summed E-state index contributed by atoms with van der Waals surface area (Å²) >= 11 is 0. The number of rotatable bonds is 3. The number of nitrogens with two attached hydrogens (primary N) is 1. The van der Waals surface area contributed by atoms with E-state index in [1.807, 2.05) is 0 Å². The maximum absolute atomic E-state index is 6.06. The number of hydrogen-bond donors (Lipinski definition) is 1. The van der Waals surface area contributed by atoms with Gasteiger partial charge in [-0.05, 0) is 23.7 Å². The van der Waals surface area contributed by atoms with Crippen molar-refractivity contribution in [2.24, 2.45) is 17.6 Å². The monoisotopic (exact) mass is 139 g/mol. The summed E-state index contributed by atoms with van der Waals surface area (Å²) < 4.78 is 0. The molecular weight excluding hydrogens is 121 g/mol. The molecule has 2 radical (unpaired) electrons. The maximum Gasteiger partial charge on any atom is 0.0770 e. The second-order valence-corrected chi connectivity index (χ2v) is 3.63. The van der Waals surface area contributed by atoms with Crippen molar-refractivity contribution < 1.29 is 0 Å². The molecule has 0 fully saturated rings. The van der Waals surface area contributed by atoms with Crippen LogP contribution < -0.4 is 5.73 Å². The first-order chi connectivity index (χ1) is 4.45. The summed E-state index contributed by atoms with van der Waals surface area (Å²) in [5, 5.41) is -0.181. The lowest BCUT2D eigenvalue weighted by molar-refractivity contribution is 0.320. The fourth-order valence-corrected chi connectivity index (χ4v) is 1.14. The van der Waals surface area contributed by atoms with E-state index in [0.717, 1.165) is 0 Å². The lowest BCUT2D eigenvalue weighted by Gasteiger charge is -2.37. The average Bonchev–Trinajstić information content (AvgIpc) is 1.85. The summed E-state index contributed by atoms with van der Waals surface area (Å²) in [5.74, 6) is 0.912. The van der Waals surface area contributed by atoms with Gasteiger partial charge in [0.15, 0.2) is 0 Å². The molecule has 0 aromatic heterocycles. The smallest absolute Gasteiger partial charge is 0.0770 e. The molecule has 0 aromatic carbocycles. The highest BCUT2D eigenvalue weighted by Gasteiger charge is 2.29. The van der Waals surface area contributed by atoms with Crippen molar-refractivity contribution in [3.05, 3.63) is 0 Å². The van der Waals surface area contributed by atoms with Crippen molar-refractivity contribution in [1.29, 1.82) is 0 Å². The standard InChI is InChI=1S/C8H18BN/c1-6(2)8(9,5-10)7(3)4/h6-7H,5,10H2,1-4H3. The van der Waals surface area contributed by atoms with E-state index in [2.05, 4.69) is 27.7 Å². The Kier molecular flexibility index (Phi) is 3.43. The highest BCUT2D eigenvalue weighted by atomic mass is 14.6. The van der Waals surface area contributed by atoms with E-state index in [-0.39, 0.29) is 5.31 Å². The lowest BCUT2D eigenvalue weighted by Crippen LogP contribution is -2.33. The van der Waals surface area contributed by atoms with Gasteiger partial charge in [-0.2, -0.15) is 0 Å². The Labute approximate surface area is 65.8 Å². The van der Waals surface area contributed by atoms with E-state index in [9.17, 15) is 0 Å². The molecule has 0 saturated carbocycles. The normalized spacial score (nSPS) is 13.1. The summed E-state index contributed by atoms with van der Waals surface area (Å²) in [6, 6.07) is 0. The van der Waals surface area contributed by atoms with Crippen LogP contribution in [0.4, 0.5) is 0 Å². The highest BCUT2D eigenvalue weighted by Crippen LogP contribution is 2.38. The Balaban J connectivity index is 4.23. The first kappa shape index (κ1) is 10.0. The van der Waals surface area contributed by atoms with Crippen LogP contribution in [0.15, 0.2) is 0 Å². The fourth-order valence-electron chi connectivity index (χ4n) is 1.14. The maximum atomic E-state index is 6.06. The largest absolute Gasteiger partial charge is 0.331 e. The topological polar surface area (TPSA) is 26.0 Å². The summed E-state index contributed by atoms with van der Waals surface area (Å²) in [6.45, 7) is 9.04. The first-order valence-electron chi connectivity index (χ1n) is 3.94. The van der Waals surface area contributed by atoms with Gasteiger partial charge in [0.2, 0.25) is 0 Å². The first-order valence-corrected chi connectivity index (χ1v) is 3.94. The van der Waals surface area contributed by atoms with Crippen molar-refractivity contribution in [3.8, 4) is 0 Å². The molecule has 10 heavy (non-hydrogen) atoms. The zero-order valence-corrected chi connectivity index (χ0v) is 7.52. The van der Waals surface area contributed by atoms with Gasteiger partial charge in [0.25, 0.3) is 0 Å². The molecule has 0 aromatic rings. The van der Waals surface area contributed by atoms with Gasteiger partial charge < -0.3 is 5.73 Å². The van der Waals surface area contributed by atoms with Crippen LogP contribution in [0.25, 0.3) is 0 Å². The molecule has 0 aliphatic heterocycles. The molecular formula is C8H18BN. The highest BCUT2D eigenvalue weighted by molar-refractivity contribution is 6.15. The third kappa shape index (κ3) is 1.75. The van der Waals surface area contributed by atoms with E-state index in [0.29, 0.717) is 18.4 Å². The van der Waals surface area contributed by atoms with Gasteiger partial charge in [0.1, 0.15) is 0 Å². The molecule has 0 amide bonds. The molecule has 0 unspecified atom stereocenters. The van der Waals surface area contributed by atoms with E-state index in [1.165, 1.54) is 0 Å². The molecule has 0 aliphatic carbocycles. The molecule has 0 saturated heterocycles.